The lowest BCUT2D eigenvalue weighted by Crippen LogP contribution is -2.38. The molecule has 0 saturated carbocycles. The monoisotopic (exact) mass is 416 g/mol. The molecule has 1 aliphatic rings. The summed E-state index contributed by atoms with van der Waals surface area (Å²) in [6.07, 6.45) is 1.03. The summed E-state index contributed by atoms with van der Waals surface area (Å²) in [7, 11) is 0. The molecule has 0 radical (unpaired) electrons. The minimum Gasteiger partial charge on any atom is -0.388 e. The molecule has 3 N–H and O–H groups in total. The first kappa shape index (κ1) is 22.0. The van der Waals surface area contributed by atoms with Gasteiger partial charge in [-0.15, -0.1) is 0 Å². The highest BCUT2D eigenvalue weighted by molar-refractivity contribution is 5.79. The number of rotatable bonds is 8. The van der Waals surface area contributed by atoms with Crippen molar-refractivity contribution in [1.29, 1.82) is 0 Å². The number of guanidine groups is 1. The highest BCUT2D eigenvalue weighted by Gasteiger charge is 2.23. The molecule has 162 valence electrons. The normalized spacial score (nSPS) is 17.8. The molecule has 1 fully saturated rings. The lowest BCUT2D eigenvalue weighted by Gasteiger charge is -2.19. The molecule has 2 aromatic carbocycles. The number of benzene rings is 2. The van der Waals surface area contributed by atoms with E-state index in [9.17, 15) is 13.9 Å². The van der Waals surface area contributed by atoms with Gasteiger partial charge in [0.05, 0.1) is 6.10 Å². The van der Waals surface area contributed by atoms with E-state index >= 15 is 0 Å². The zero-order valence-electron chi connectivity index (χ0n) is 17.3. The maximum absolute atomic E-state index is 13.5. The van der Waals surface area contributed by atoms with E-state index in [-0.39, 0.29) is 0 Å². The van der Waals surface area contributed by atoms with E-state index in [1.54, 1.807) is 6.07 Å². The van der Waals surface area contributed by atoms with E-state index in [4.69, 9.17) is 0 Å². The van der Waals surface area contributed by atoms with Gasteiger partial charge in [-0.2, -0.15) is 0 Å². The van der Waals surface area contributed by atoms with Crippen LogP contribution in [0.1, 0.15) is 31.4 Å². The Morgan fingerprint density at radius 2 is 1.97 bits per heavy atom. The Morgan fingerprint density at radius 3 is 2.70 bits per heavy atom. The summed E-state index contributed by atoms with van der Waals surface area (Å²) in [6.45, 7) is 5.58. The fraction of sp³-hybridized carbons (Fsp3) is 0.435. The molecule has 2 aromatic rings. The fourth-order valence-corrected chi connectivity index (χ4v) is 3.63. The first-order valence-electron chi connectivity index (χ1n) is 10.5. The molecule has 0 bridgehead atoms. The first-order valence-corrected chi connectivity index (χ1v) is 10.5. The Hall–Kier alpha value is -2.67. The molecule has 3 rings (SSSR count). The van der Waals surface area contributed by atoms with Crippen molar-refractivity contribution in [2.75, 3.05) is 37.6 Å². The van der Waals surface area contributed by atoms with E-state index in [1.165, 1.54) is 12.1 Å². The maximum atomic E-state index is 13.5. The standard InChI is InChI=1S/C23H30F2N4O/c1-2-26-23(27-12-10-22(30)18-6-4-3-5-7-18)28-15-17-11-13-29(16-17)19-8-9-20(24)21(25)14-19/h3-9,14,17,22,30H,2,10-13,15-16H2,1H3,(H2,26,27,28). The minimum atomic E-state index is -0.821. The molecule has 5 nitrogen and oxygen atoms in total. The van der Waals surface area contributed by atoms with Crippen molar-refractivity contribution in [3.63, 3.8) is 0 Å². The van der Waals surface area contributed by atoms with Crippen LogP contribution in [-0.4, -0.2) is 43.8 Å². The molecule has 0 aromatic heterocycles. The molecule has 1 saturated heterocycles. The molecule has 0 amide bonds. The van der Waals surface area contributed by atoms with Gasteiger partial charge in [0.15, 0.2) is 17.6 Å². The van der Waals surface area contributed by atoms with Crippen LogP contribution in [0.3, 0.4) is 0 Å². The van der Waals surface area contributed by atoms with Crippen LogP contribution >= 0.6 is 0 Å². The zero-order valence-corrected chi connectivity index (χ0v) is 17.3. The molecule has 30 heavy (non-hydrogen) atoms. The minimum absolute atomic E-state index is 0.350. The van der Waals surface area contributed by atoms with Crippen LogP contribution in [-0.2, 0) is 0 Å². The second-order valence-electron chi connectivity index (χ2n) is 7.56. The van der Waals surface area contributed by atoms with E-state index in [2.05, 4.69) is 20.5 Å². The summed E-state index contributed by atoms with van der Waals surface area (Å²) in [5.74, 6) is -0.560. The van der Waals surface area contributed by atoms with Gasteiger partial charge in [-0.25, -0.2) is 8.78 Å². The van der Waals surface area contributed by atoms with Crippen molar-refractivity contribution in [3.05, 3.63) is 65.7 Å². The molecular weight excluding hydrogens is 386 g/mol. The third kappa shape index (κ3) is 6.16. The smallest absolute Gasteiger partial charge is 0.191 e. The number of halogens is 2. The van der Waals surface area contributed by atoms with Crippen LogP contribution in [0.25, 0.3) is 0 Å². The summed E-state index contributed by atoms with van der Waals surface area (Å²) in [6, 6.07) is 13.7. The third-order valence-electron chi connectivity index (χ3n) is 5.30. The molecule has 0 aliphatic carbocycles. The first-order chi connectivity index (χ1) is 14.6. The maximum Gasteiger partial charge on any atom is 0.191 e. The number of nitrogens with zero attached hydrogens (tertiary/aromatic N) is 2. The Morgan fingerprint density at radius 1 is 1.17 bits per heavy atom. The Kier molecular flexibility index (Phi) is 8.02. The van der Waals surface area contributed by atoms with E-state index < -0.39 is 17.7 Å². The molecule has 2 unspecified atom stereocenters. The average Bonchev–Trinajstić information content (AvgIpc) is 3.23. The van der Waals surface area contributed by atoms with E-state index in [0.29, 0.717) is 31.1 Å². The summed E-state index contributed by atoms with van der Waals surface area (Å²) >= 11 is 0. The molecule has 7 heteroatoms. The Bertz CT molecular complexity index is 831. The zero-order chi connectivity index (χ0) is 21.3. The molecule has 2 atom stereocenters. The number of aliphatic imine (C=N–C) groups is 1. The second-order valence-corrected chi connectivity index (χ2v) is 7.56. The van der Waals surface area contributed by atoms with Gasteiger partial charge in [0.25, 0.3) is 0 Å². The van der Waals surface area contributed by atoms with Gasteiger partial charge in [0.2, 0.25) is 0 Å². The highest BCUT2D eigenvalue weighted by atomic mass is 19.2. The van der Waals surface area contributed by atoms with Crippen LogP contribution in [0, 0.1) is 17.6 Å². The molecule has 0 spiro atoms. The number of aliphatic hydroxyl groups is 1. The highest BCUT2D eigenvalue weighted by Crippen LogP contribution is 2.25. The Balaban J connectivity index is 1.48. The van der Waals surface area contributed by atoms with Gasteiger partial charge < -0.3 is 20.6 Å². The summed E-state index contributed by atoms with van der Waals surface area (Å²) < 4.78 is 26.6. The van der Waals surface area contributed by atoms with Gasteiger partial charge >= 0.3 is 0 Å². The van der Waals surface area contributed by atoms with Gasteiger partial charge in [0, 0.05) is 44.5 Å². The van der Waals surface area contributed by atoms with Crippen molar-refractivity contribution in [2.24, 2.45) is 10.9 Å². The van der Waals surface area contributed by atoms with E-state index in [1.807, 2.05) is 37.3 Å². The predicted octanol–water partition coefficient (Wildman–Crippen LogP) is 3.47. The molecular formula is C23H30F2N4O. The van der Waals surface area contributed by atoms with Gasteiger partial charge in [-0.05, 0) is 43.4 Å². The lowest BCUT2D eigenvalue weighted by molar-refractivity contribution is 0.168. The number of nitrogens with one attached hydrogen (secondary N) is 2. The van der Waals surface area contributed by atoms with Crippen molar-refractivity contribution >= 4 is 11.6 Å². The van der Waals surface area contributed by atoms with Crippen LogP contribution in [0.2, 0.25) is 0 Å². The fourth-order valence-electron chi connectivity index (χ4n) is 3.63. The third-order valence-corrected chi connectivity index (χ3v) is 5.30. The Labute approximate surface area is 176 Å². The van der Waals surface area contributed by atoms with Crippen molar-refractivity contribution in [2.45, 2.75) is 25.9 Å². The van der Waals surface area contributed by atoms with Gasteiger partial charge in [0.1, 0.15) is 0 Å². The SMILES string of the molecule is CCNC(=NCC1CCN(c2ccc(F)c(F)c2)C1)NCCC(O)c1ccccc1. The number of hydrogen-bond acceptors (Lipinski definition) is 3. The summed E-state index contributed by atoms with van der Waals surface area (Å²) in [5.41, 5.74) is 1.62. The van der Waals surface area contributed by atoms with Gasteiger partial charge in [-0.1, -0.05) is 30.3 Å². The van der Waals surface area contributed by atoms with Crippen molar-refractivity contribution in [1.82, 2.24) is 10.6 Å². The van der Waals surface area contributed by atoms with Crippen molar-refractivity contribution < 1.29 is 13.9 Å². The lowest BCUT2D eigenvalue weighted by atomic mass is 10.1. The van der Waals surface area contributed by atoms with Gasteiger partial charge in [-0.3, -0.25) is 4.99 Å². The van der Waals surface area contributed by atoms with Crippen LogP contribution in [0.4, 0.5) is 14.5 Å². The van der Waals surface area contributed by atoms with Crippen LogP contribution in [0.5, 0.6) is 0 Å². The number of aliphatic hydroxyl groups excluding tert-OH is 1. The topological polar surface area (TPSA) is 59.9 Å². The number of hydrogen-bond donors (Lipinski definition) is 3. The molecule has 1 aliphatic heterocycles. The average molecular weight is 417 g/mol. The van der Waals surface area contributed by atoms with Crippen LogP contribution < -0.4 is 15.5 Å². The second kappa shape index (κ2) is 10.9. The summed E-state index contributed by atoms with van der Waals surface area (Å²) in [4.78, 5) is 6.75. The largest absolute Gasteiger partial charge is 0.388 e. The van der Waals surface area contributed by atoms with Crippen molar-refractivity contribution in [3.8, 4) is 0 Å². The quantitative estimate of drug-likeness (QED) is 0.456. The summed E-state index contributed by atoms with van der Waals surface area (Å²) in [5, 5.41) is 16.8. The predicted molar refractivity (Wildman–Crippen MR) is 117 cm³/mol. The number of anilines is 1. The molecule has 1 heterocycles. The van der Waals surface area contributed by atoms with E-state index in [0.717, 1.165) is 37.6 Å². The van der Waals surface area contributed by atoms with Crippen LogP contribution in [0.15, 0.2) is 53.5 Å².